The SMILES string of the molecule is O=C(NC1CC1)C1CCCN(c2ccc(Br)cn2)C1. The molecule has 1 N–H and O–H groups in total. The van der Waals surface area contributed by atoms with Crippen molar-refractivity contribution in [3.05, 3.63) is 22.8 Å². The Morgan fingerprint density at radius 1 is 1.37 bits per heavy atom. The first-order valence-electron chi connectivity index (χ1n) is 6.89. The second kappa shape index (κ2) is 5.49. The van der Waals surface area contributed by atoms with Crippen LogP contribution < -0.4 is 10.2 Å². The zero-order chi connectivity index (χ0) is 13.2. The molecule has 1 aliphatic heterocycles. The van der Waals surface area contributed by atoms with Crippen LogP contribution in [0, 0.1) is 5.92 Å². The molecule has 0 aromatic carbocycles. The van der Waals surface area contributed by atoms with Crippen molar-refractivity contribution in [3.8, 4) is 0 Å². The molecule has 1 amide bonds. The van der Waals surface area contributed by atoms with Crippen LogP contribution in [0.25, 0.3) is 0 Å². The second-order valence-electron chi connectivity index (χ2n) is 5.40. The van der Waals surface area contributed by atoms with Gasteiger partial charge in [0.25, 0.3) is 0 Å². The van der Waals surface area contributed by atoms with Crippen molar-refractivity contribution in [1.29, 1.82) is 0 Å². The highest BCUT2D eigenvalue weighted by atomic mass is 79.9. The van der Waals surface area contributed by atoms with Crippen LogP contribution in [-0.2, 0) is 4.79 Å². The van der Waals surface area contributed by atoms with Crippen molar-refractivity contribution < 1.29 is 4.79 Å². The fourth-order valence-corrected chi connectivity index (χ4v) is 2.74. The van der Waals surface area contributed by atoms with Crippen molar-refractivity contribution in [2.24, 2.45) is 5.92 Å². The lowest BCUT2D eigenvalue weighted by atomic mass is 9.97. The standard InChI is InChI=1S/C14H18BrN3O/c15-11-3-6-13(16-8-11)18-7-1-2-10(9-18)14(19)17-12-4-5-12/h3,6,8,10,12H,1-2,4-5,7,9H2,(H,17,19). The Morgan fingerprint density at radius 2 is 2.21 bits per heavy atom. The van der Waals surface area contributed by atoms with Crippen molar-refractivity contribution in [3.63, 3.8) is 0 Å². The van der Waals surface area contributed by atoms with E-state index in [2.05, 4.69) is 31.1 Å². The summed E-state index contributed by atoms with van der Waals surface area (Å²) in [6, 6.07) is 4.45. The minimum atomic E-state index is 0.111. The number of hydrogen-bond donors (Lipinski definition) is 1. The van der Waals surface area contributed by atoms with Gasteiger partial charge in [-0.15, -0.1) is 0 Å². The first-order chi connectivity index (χ1) is 9.22. The molecule has 1 atom stereocenters. The number of aromatic nitrogens is 1. The Bertz CT molecular complexity index is 458. The number of rotatable bonds is 3. The van der Waals surface area contributed by atoms with E-state index in [0.717, 1.165) is 49.1 Å². The van der Waals surface area contributed by atoms with Gasteiger partial charge in [-0.3, -0.25) is 4.79 Å². The van der Waals surface area contributed by atoms with E-state index in [4.69, 9.17) is 0 Å². The minimum Gasteiger partial charge on any atom is -0.356 e. The summed E-state index contributed by atoms with van der Waals surface area (Å²) < 4.78 is 0.983. The average Bonchev–Trinajstić information content (AvgIpc) is 3.24. The fraction of sp³-hybridized carbons (Fsp3) is 0.571. The molecule has 2 heterocycles. The monoisotopic (exact) mass is 323 g/mol. The number of pyridine rings is 1. The summed E-state index contributed by atoms with van der Waals surface area (Å²) in [6.07, 6.45) is 6.15. The molecule has 2 fully saturated rings. The number of carbonyl (C=O) groups is 1. The molecular formula is C14H18BrN3O. The molecule has 0 bridgehead atoms. The molecule has 1 unspecified atom stereocenters. The quantitative estimate of drug-likeness (QED) is 0.928. The Kier molecular flexibility index (Phi) is 3.73. The number of piperidine rings is 1. The molecule has 0 spiro atoms. The number of hydrogen-bond acceptors (Lipinski definition) is 3. The van der Waals surface area contributed by atoms with E-state index < -0.39 is 0 Å². The number of nitrogens with one attached hydrogen (secondary N) is 1. The zero-order valence-corrected chi connectivity index (χ0v) is 12.4. The summed E-state index contributed by atoms with van der Waals surface area (Å²) in [4.78, 5) is 18.7. The Hall–Kier alpha value is -1.10. The highest BCUT2D eigenvalue weighted by Gasteiger charge is 2.30. The molecule has 5 heteroatoms. The lowest BCUT2D eigenvalue weighted by Gasteiger charge is -2.32. The van der Waals surface area contributed by atoms with Crippen molar-refractivity contribution in [2.75, 3.05) is 18.0 Å². The van der Waals surface area contributed by atoms with E-state index in [1.165, 1.54) is 0 Å². The molecular weight excluding hydrogens is 306 g/mol. The van der Waals surface area contributed by atoms with Gasteiger partial charge >= 0.3 is 0 Å². The molecule has 2 aliphatic rings. The van der Waals surface area contributed by atoms with Crippen LogP contribution in [-0.4, -0.2) is 30.0 Å². The number of amides is 1. The summed E-state index contributed by atoms with van der Waals surface area (Å²) in [6.45, 7) is 1.77. The molecule has 1 aromatic rings. The maximum Gasteiger partial charge on any atom is 0.225 e. The van der Waals surface area contributed by atoms with Gasteiger partial charge in [-0.25, -0.2) is 4.98 Å². The molecule has 1 saturated carbocycles. The highest BCUT2D eigenvalue weighted by molar-refractivity contribution is 9.10. The minimum absolute atomic E-state index is 0.111. The van der Waals surface area contributed by atoms with E-state index >= 15 is 0 Å². The van der Waals surface area contributed by atoms with Crippen LogP contribution >= 0.6 is 15.9 Å². The molecule has 1 aromatic heterocycles. The van der Waals surface area contributed by atoms with Gasteiger partial charge in [0.2, 0.25) is 5.91 Å². The van der Waals surface area contributed by atoms with Gasteiger partial charge in [-0.1, -0.05) is 0 Å². The van der Waals surface area contributed by atoms with Crippen molar-refractivity contribution >= 4 is 27.7 Å². The van der Waals surface area contributed by atoms with E-state index in [9.17, 15) is 4.79 Å². The van der Waals surface area contributed by atoms with Gasteiger partial charge < -0.3 is 10.2 Å². The van der Waals surface area contributed by atoms with Crippen LogP contribution in [0.4, 0.5) is 5.82 Å². The van der Waals surface area contributed by atoms with Crippen LogP contribution in [0.15, 0.2) is 22.8 Å². The van der Waals surface area contributed by atoms with E-state index in [1.807, 2.05) is 18.3 Å². The Balaban J connectivity index is 1.63. The molecule has 4 nitrogen and oxygen atoms in total. The molecule has 19 heavy (non-hydrogen) atoms. The zero-order valence-electron chi connectivity index (χ0n) is 10.8. The van der Waals surface area contributed by atoms with Crippen LogP contribution in [0.2, 0.25) is 0 Å². The van der Waals surface area contributed by atoms with Gasteiger partial charge in [0.05, 0.1) is 5.92 Å². The topological polar surface area (TPSA) is 45.2 Å². The molecule has 0 radical (unpaired) electrons. The van der Waals surface area contributed by atoms with Gasteiger partial charge in [0, 0.05) is 29.8 Å². The normalized spacial score (nSPS) is 23.2. The number of halogens is 1. The maximum absolute atomic E-state index is 12.1. The van der Waals surface area contributed by atoms with Crippen molar-refractivity contribution in [2.45, 2.75) is 31.7 Å². The summed E-state index contributed by atoms with van der Waals surface area (Å²) in [5.41, 5.74) is 0. The van der Waals surface area contributed by atoms with E-state index in [-0.39, 0.29) is 11.8 Å². The lowest BCUT2D eigenvalue weighted by molar-refractivity contribution is -0.125. The third-order valence-corrected chi connectivity index (χ3v) is 4.22. The average molecular weight is 324 g/mol. The number of nitrogens with zero attached hydrogens (tertiary/aromatic N) is 2. The molecule has 3 rings (SSSR count). The number of carbonyl (C=O) groups excluding carboxylic acids is 1. The fourth-order valence-electron chi connectivity index (χ4n) is 2.50. The predicted octanol–water partition coefficient (Wildman–Crippen LogP) is 2.34. The van der Waals surface area contributed by atoms with Gasteiger partial charge in [-0.2, -0.15) is 0 Å². The summed E-state index contributed by atoms with van der Waals surface area (Å²) in [5, 5.41) is 3.11. The predicted molar refractivity (Wildman–Crippen MR) is 78.0 cm³/mol. The summed E-state index contributed by atoms with van der Waals surface area (Å²) in [5.74, 6) is 1.30. The van der Waals surface area contributed by atoms with E-state index in [0.29, 0.717) is 6.04 Å². The first kappa shape index (κ1) is 12.9. The third-order valence-electron chi connectivity index (χ3n) is 3.75. The largest absolute Gasteiger partial charge is 0.356 e. The van der Waals surface area contributed by atoms with Gasteiger partial charge in [-0.05, 0) is 53.7 Å². The molecule has 1 aliphatic carbocycles. The summed E-state index contributed by atoms with van der Waals surface area (Å²) in [7, 11) is 0. The molecule has 102 valence electrons. The highest BCUT2D eigenvalue weighted by Crippen LogP contribution is 2.24. The Morgan fingerprint density at radius 3 is 2.89 bits per heavy atom. The van der Waals surface area contributed by atoms with Crippen LogP contribution in [0.3, 0.4) is 0 Å². The number of anilines is 1. The van der Waals surface area contributed by atoms with Crippen molar-refractivity contribution in [1.82, 2.24) is 10.3 Å². The smallest absolute Gasteiger partial charge is 0.225 e. The maximum atomic E-state index is 12.1. The van der Waals surface area contributed by atoms with Crippen LogP contribution in [0.1, 0.15) is 25.7 Å². The lowest BCUT2D eigenvalue weighted by Crippen LogP contribution is -2.43. The first-order valence-corrected chi connectivity index (χ1v) is 7.68. The Labute approximate surface area is 121 Å². The van der Waals surface area contributed by atoms with E-state index in [1.54, 1.807) is 0 Å². The van der Waals surface area contributed by atoms with Crippen LogP contribution in [0.5, 0.6) is 0 Å². The molecule has 1 saturated heterocycles. The van der Waals surface area contributed by atoms with Gasteiger partial charge in [0.15, 0.2) is 0 Å². The van der Waals surface area contributed by atoms with Gasteiger partial charge in [0.1, 0.15) is 5.82 Å². The second-order valence-corrected chi connectivity index (χ2v) is 6.32. The third kappa shape index (κ3) is 3.26. The summed E-state index contributed by atoms with van der Waals surface area (Å²) >= 11 is 3.39.